The van der Waals surface area contributed by atoms with E-state index in [1.54, 1.807) is 0 Å². The molecule has 4 atom stereocenters. The van der Waals surface area contributed by atoms with Gasteiger partial charge in [-0.05, 0) is 19.8 Å². The molecule has 1 aliphatic heterocycles. The van der Waals surface area contributed by atoms with Gasteiger partial charge in [0, 0.05) is 6.04 Å². The van der Waals surface area contributed by atoms with Crippen LogP contribution in [-0.2, 0) is 4.74 Å². The summed E-state index contributed by atoms with van der Waals surface area (Å²) in [7, 11) is 0. The van der Waals surface area contributed by atoms with Crippen LogP contribution in [0.1, 0.15) is 19.8 Å². The summed E-state index contributed by atoms with van der Waals surface area (Å²) in [4.78, 5) is 0. The largest absolute Gasteiger partial charge is 0.367 e. The van der Waals surface area contributed by atoms with Crippen molar-refractivity contribution in [1.82, 2.24) is 0 Å². The lowest BCUT2D eigenvalue weighted by Gasteiger charge is -2.33. The third-order valence-corrected chi connectivity index (χ3v) is 2.05. The van der Waals surface area contributed by atoms with Crippen LogP contribution >= 0.6 is 0 Å². The number of aliphatic hydroxyl groups is 1. The summed E-state index contributed by atoms with van der Waals surface area (Å²) in [5, 5.41) is 9.19. The molecule has 0 saturated carbocycles. The molecule has 0 aliphatic carbocycles. The number of nitrogens with two attached hydrogens (primary N) is 2. The summed E-state index contributed by atoms with van der Waals surface area (Å²) in [5.41, 5.74) is 11.1. The summed E-state index contributed by atoms with van der Waals surface area (Å²) < 4.78 is 5.17. The fraction of sp³-hybridized carbons (Fsp3) is 1.00. The minimum atomic E-state index is -0.834. The predicted molar refractivity (Wildman–Crippen MR) is 41.7 cm³/mol. The Hall–Kier alpha value is -0.160. The van der Waals surface area contributed by atoms with Gasteiger partial charge in [-0.15, -0.1) is 0 Å². The van der Waals surface area contributed by atoms with Crippen molar-refractivity contribution < 1.29 is 9.84 Å². The zero-order valence-electron chi connectivity index (χ0n) is 6.73. The third-order valence-electron chi connectivity index (χ3n) is 2.05. The zero-order chi connectivity index (χ0) is 8.43. The fourth-order valence-corrected chi connectivity index (χ4v) is 1.23. The molecule has 0 aromatic heterocycles. The Morgan fingerprint density at radius 1 is 1.55 bits per heavy atom. The maximum atomic E-state index is 9.19. The Kier molecular flexibility index (Phi) is 2.84. The molecule has 4 nitrogen and oxygen atoms in total. The first-order chi connectivity index (χ1) is 5.11. The van der Waals surface area contributed by atoms with Gasteiger partial charge in [-0.1, -0.05) is 0 Å². The van der Waals surface area contributed by atoms with Crippen LogP contribution in [0.3, 0.4) is 0 Å². The second kappa shape index (κ2) is 3.49. The number of rotatable bonds is 1. The van der Waals surface area contributed by atoms with E-state index in [1.807, 2.05) is 6.92 Å². The van der Waals surface area contributed by atoms with E-state index in [2.05, 4.69) is 0 Å². The average Bonchev–Trinajstić information content (AvgIpc) is 1.94. The molecule has 0 radical (unpaired) electrons. The lowest BCUT2D eigenvalue weighted by Crippen LogP contribution is -2.48. The maximum absolute atomic E-state index is 9.19. The summed E-state index contributed by atoms with van der Waals surface area (Å²) >= 11 is 0. The van der Waals surface area contributed by atoms with E-state index in [0.717, 1.165) is 12.8 Å². The third kappa shape index (κ3) is 2.13. The summed E-state index contributed by atoms with van der Waals surface area (Å²) in [5.74, 6) is 0. The average molecular weight is 160 g/mol. The van der Waals surface area contributed by atoms with Crippen LogP contribution in [0.2, 0.25) is 0 Å². The van der Waals surface area contributed by atoms with E-state index in [1.165, 1.54) is 0 Å². The van der Waals surface area contributed by atoms with E-state index < -0.39 is 6.29 Å². The highest BCUT2D eigenvalue weighted by atomic mass is 16.6. The molecule has 0 aromatic carbocycles. The number of ether oxygens (including phenoxy) is 1. The van der Waals surface area contributed by atoms with Crippen molar-refractivity contribution in [2.45, 2.75) is 44.2 Å². The molecule has 1 aliphatic rings. The first kappa shape index (κ1) is 8.93. The van der Waals surface area contributed by atoms with Crippen molar-refractivity contribution in [2.24, 2.45) is 11.5 Å². The number of hydrogen-bond acceptors (Lipinski definition) is 4. The molecule has 1 fully saturated rings. The molecule has 0 aromatic rings. The highest BCUT2D eigenvalue weighted by Crippen LogP contribution is 2.18. The number of hydrogen-bond donors (Lipinski definition) is 3. The van der Waals surface area contributed by atoms with Gasteiger partial charge < -0.3 is 21.3 Å². The molecule has 5 N–H and O–H groups in total. The Morgan fingerprint density at radius 3 is 2.64 bits per heavy atom. The van der Waals surface area contributed by atoms with E-state index >= 15 is 0 Å². The molecule has 0 unspecified atom stereocenters. The first-order valence-corrected chi connectivity index (χ1v) is 3.96. The van der Waals surface area contributed by atoms with Crippen molar-refractivity contribution in [3.63, 3.8) is 0 Å². The Balaban J connectivity index is 2.40. The molecule has 4 heteroatoms. The van der Waals surface area contributed by atoms with Crippen molar-refractivity contribution in [1.29, 1.82) is 0 Å². The van der Waals surface area contributed by atoms with Gasteiger partial charge in [0.1, 0.15) is 0 Å². The summed E-state index contributed by atoms with van der Waals surface area (Å²) in [6, 6.07) is -0.276. The van der Waals surface area contributed by atoms with E-state index in [9.17, 15) is 5.11 Å². The van der Waals surface area contributed by atoms with Crippen molar-refractivity contribution in [3.05, 3.63) is 0 Å². The Labute approximate surface area is 66.5 Å². The van der Waals surface area contributed by atoms with E-state index in [4.69, 9.17) is 16.2 Å². The maximum Gasteiger partial charge on any atom is 0.170 e. The smallest absolute Gasteiger partial charge is 0.170 e. The lowest BCUT2D eigenvalue weighted by molar-refractivity contribution is -0.176. The minimum Gasteiger partial charge on any atom is -0.367 e. The molecule has 11 heavy (non-hydrogen) atoms. The molecular formula is C7H16N2O2. The topological polar surface area (TPSA) is 81.5 Å². The summed E-state index contributed by atoms with van der Waals surface area (Å²) in [6.45, 7) is 1.87. The first-order valence-electron chi connectivity index (χ1n) is 3.96. The van der Waals surface area contributed by atoms with E-state index in [-0.39, 0.29) is 18.2 Å². The SMILES string of the molecule is C[C@@H](N)[C@@H]1CC[C@@H](N)[C@@H](O)O1. The molecule has 1 heterocycles. The van der Waals surface area contributed by atoms with Crippen LogP contribution in [0, 0.1) is 0 Å². The minimum absolute atomic E-state index is 0.0304. The second-order valence-corrected chi connectivity index (χ2v) is 3.17. The highest BCUT2D eigenvalue weighted by molar-refractivity contribution is 4.79. The van der Waals surface area contributed by atoms with Gasteiger partial charge in [-0.2, -0.15) is 0 Å². The molecule has 0 bridgehead atoms. The zero-order valence-corrected chi connectivity index (χ0v) is 6.73. The Morgan fingerprint density at radius 2 is 2.18 bits per heavy atom. The van der Waals surface area contributed by atoms with Gasteiger partial charge in [0.05, 0.1) is 12.1 Å². The standard InChI is InChI=1S/C7H16N2O2/c1-4(8)6-3-2-5(9)7(10)11-6/h4-7,10H,2-3,8-9H2,1H3/t4-,5-,6+,7+/m1/s1. The quantitative estimate of drug-likeness (QED) is 0.467. The van der Waals surface area contributed by atoms with E-state index in [0.29, 0.717) is 0 Å². The van der Waals surface area contributed by atoms with Crippen molar-refractivity contribution >= 4 is 0 Å². The summed E-state index contributed by atoms with van der Waals surface area (Å²) in [6.07, 6.45) is 0.757. The van der Waals surface area contributed by atoms with Crippen LogP contribution in [-0.4, -0.2) is 29.6 Å². The lowest BCUT2D eigenvalue weighted by atomic mass is 10.0. The van der Waals surface area contributed by atoms with Crippen molar-refractivity contribution in [3.8, 4) is 0 Å². The van der Waals surface area contributed by atoms with Gasteiger partial charge in [-0.25, -0.2) is 0 Å². The molecule has 0 amide bonds. The monoisotopic (exact) mass is 160 g/mol. The normalized spacial score (nSPS) is 42.0. The van der Waals surface area contributed by atoms with Crippen LogP contribution in [0.25, 0.3) is 0 Å². The van der Waals surface area contributed by atoms with Crippen LogP contribution in [0.4, 0.5) is 0 Å². The van der Waals surface area contributed by atoms with Gasteiger partial charge in [0.15, 0.2) is 6.29 Å². The predicted octanol–water partition coefficient (Wildman–Crippen LogP) is -0.842. The molecular weight excluding hydrogens is 144 g/mol. The molecule has 1 rings (SSSR count). The van der Waals surface area contributed by atoms with Gasteiger partial charge >= 0.3 is 0 Å². The van der Waals surface area contributed by atoms with Crippen LogP contribution in [0.15, 0.2) is 0 Å². The highest BCUT2D eigenvalue weighted by Gasteiger charge is 2.28. The van der Waals surface area contributed by atoms with Gasteiger partial charge in [0.25, 0.3) is 0 Å². The molecule has 1 saturated heterocycles. The fourth-order valence-electron chi connectivity index (χ4n) is 1.23. The second-order valence-electron chi connectivity index (χ2n) is 3.17. The molecule has 0 spiro atoms. The van der Waals surface area contributed by atoms with Crippen LogP contribution in [0.5, 0.6) is 0 Å². The Bertz CT molecular complexity index is 130. The number of aliphatic hydroxyl groups excluding tert-OH is 1. The molecule has 66 valence electrons. The van der Waals surface area contributed by atoms with Crippen molar-refractivity contribution in [2.75, 3.05) is 0 Å². The van der Waals surface area contributed by atoms with Gasteiger partial charge in [-0.3, -0.25) is 0 Å². The van der Waals surface area contributed by atoms with Crippen LogP contribution < -0.4 is 11.5 Å². The van der Waals surface area contributed by atoms with Gasteiger partial charge in [0.2, 0.25) is 0 Å².